The second-order valence-electron chi connectivity index (χ2n) is 5.34. The average molecular weight is 249 g/mol. The van der Waals surface area contributed by atoms with Gasteiger partial charge in [0.25, 0.3) is 0 Å². The molecule has 0 saturated carbocycles. The second-order valence-corrected chi connectivity index (χ2v) is 5.34. The van der Waals surface area contributed by atoms with Crippen molar-refractivity contribution >= 4 is 6.03 Å². The molecule has 1 saturated heterocycles. The summed E-state index contributed by atoms with van der Waals surface area (Å²) in [5, 5.41) is 7.93. The number of nitrogens with zero attached hydrogens (tertiary/aromatic N) is 5. The highest BCUT2D eigenvalue weighted by atomic mass is 16.2. The Labute approximate surface area is 107 Å². The van der Waals surface area contributed by atoms with Crippen LogP contribution in [0, 0.1) is 5.92 Å². The van der Waals surface area contributed by atoms with Crippen LogP contribution in [-0.2, 0) is 13.1 Å². The minimum Gasteiger partial charge on any atom is -0.324 e. The fourth-order valence-corrected chi connectivity index (χ4v) is 2.79. The maximum Gasteiger partial charge on any atom is 0.320 e. The first-order valence-electron chi connectivity index (χ1n) is 6.64. The van der Waals surface area contributed by atoms with E-state index >= 15 is 0 Å². The Bertz CT molecular complexity index is 443. The highest BCUT2D eigenvalue weighted by Gasteiger charge is 2.28. The van der Waals surface area contributed by atoms with E-state index in [9.17, 15) is 4.79 Å². The number of carbonyl (C=O) groups is 1. The molecule has 18 heavy (non-hydrogen) atoms. The quantitative estimate of drug-likeness (QED) is 0.687. The smallest absolute Gasteiger partial charge is 0.320 e. The molecule has 2 aliphatic heterocycles. The molecule has 0 bridgehead atoms. The lowest BCUT2D eigenvalue weighted by atomic mass is 10.0. The van der Waals surface area contributed by atoms with Gasteiger partial charge in [0.1, 0.15) is 6.33 Å². The number of likely N-dealkylation sites (tertiary alicyclic amines) is 1. The Morgan fingerprint density at radius 2 is 2.22 bits per heavy atom. The number of amides is 2. The van der Waals surface area contributed by atoms with Crippen molar-refractivity contribution in [2.24, 2.45) is 5.92 Å². The fraction of sp³-hybridized carbons (Fsp3) is 0.750. The molecule has 98 valence electrons. The van der Waals surface area contributed by atoms with E-state index in [4.69, 9.17) is 0 Å². The molecule has 0 aromatic carbocycles. The SMILES string of the molecule is CC1CCCN(C(=O)N2CCn3cnnc3C2)C1. The molecule has 1 atom stereocenters. The summed E-state index contributed by atoms with van der Waals surface area (Å²) in [7, 11) is 0. The molecule has 1 unspecified atom stereocenters. The monoisotopic (exact) mass is 249 g/mol. The lowest BCUT2D eigenvalue weighted by Crippen LogP contribution is -2.49. The van der Waals surface area contributed by atoms with E-state index in [2.05, 4.69) is 17.1 Å². The van der Waals surface area contributed by atoms with E-state index in [-0.39, 0.29) is 6.03 Å². The molecule has 0 radical (unpaired) electrons. The first-order valence-corrected chi connectivity index (χ1v) is 6.64. The van der Waals surface area contributed by atoms with Crippen LogP contribution >= 0.6 is 0 Å². The van der Waals surface area contributed by atoms with Crippen molar-refractivity contribution in [3.63, 3.8) is 0 Å². The number of urea groups is 1. The number of hydrogen-bond donors (Lipinski definition) is 0. The van der Waals surface area contributed by atoms with Gasteiger partial charge in [0, 0.05) is 26.2 Å². The first kappa shape index (κ1) is 11.5. The maximum atomic E-state index is 12.4. The molecule has 1 fully saturated rings. The molecule has 3 rings (SSSR count). The molecular formula is C12H19N5O. The van der Waals surface area contributed by atoms with Crippen molar-refractivity contribution in [2.75, 3.05) is 19.6 Å². The van der Waals surface area contributed by atoms with Gasteiger partial charge in [0.05, 0.1) is 6.54 Å². The molecular weight excluding hydrogens is 230 g/mol. The van der Waals surface area contributed by atoms with Gasteiger partial charge in [-0.2, -0.15) is 0 Å². The van der Waals surface area contributed by atoms with E-state index in [1.165, 1.54) is 6.42 Å². The van der Waals surface area contributed by atoms with Crippen LogP contribution in [0.5, 0.6) is 0 Å². The molecule has 2 aliphatic rings. The molecule has 0 spiro atoms. The zero-order valence-corrected chi connectivity index (χ0v) is 10.7. The van der Waals surface area contributed by atoms with E-state index < -0.39 is 0 Å². The minimum absolute atomic E-state index is 0.163. The van der Waals surface area contributed by atoms with Gasteiger partial charge in [0.2, 0.25) is 0 Å². The lowest BCUT2D eigenvalue weighted by Gasteiger charge is -2.36. The van der Waals surface area contributed by atoms with Gasteiger partial charge in [-0.3, -0.25) is 0 Å². The van der Waals surface area contributed by atoms with Crippen molar-refractivity contribution in [1.29, 1.82) is 0 Å². The zero-order chi connectivity index (χ0) is 12.5. The predicted molar refractivity (Wildman–Crippen MR) is 65.8 cm³/mol. The number of piperidine rings is 1. The van der Waals surface area contributed by atoms with Crippen LogP contribution < -0.4 is 0 Å². The van der Waals surface area contributed by atoms with Gasteiger partial charge in [-0.1, -0.05) is 6.92 Å². The number of carbonyl (C=O) groups excluding carboxylic acids is 1. The van der Waals surface area contributed by atoms with Gasteiger partial charge in [-0.05, 0) is 18.8 Å². The summed E-state index contributed by atoms with van der Waals surface area (Å²) < 4.78 is 2.02. The number of aromatic nitrogens is 3. The maximum absolute atomic E-state index is 12.4. The van der Waals surface area contributed by atoms with Gasteiger partial charge < -0.3 is 14.4 Å². The van der Waals surface area contributed by atoms with E-state index in [0.29, 0.717) is 12.5 Å². The molecule has 0 aliphatic carbocycles. The van der Waals surface area contributed by atoms with Gasteiger partial charge in [0.15, 0.2) is 5.82 Å². The van der Waals surface area contributed by atoms with Crippen LogP contribution in [-0.4, -0.2) is 50.2 Å². The number of rotatable bonds is 0. The summed E-state index contributed by atoms with van der Waals surface area (Å²) in [6.07, 6.45) is 4.09. The third-order valence-corrected chi connectivity index (χ3v) is 3.84. The van der Waals surface area contributed by atoms with Crippen LogP contribution in [0.1, 0.15) is 25.6 Å². The molecule has 6 nitrogen and oxygen atoms in total. The van der Waals surface area contributed by atoms with Gasteiger partial charge >= 0.3 is 6.03 Å². The summed E-state index contributed by atoms with van der Waals surface area (Å²) in [5.41, 5.74) is 0. The minimum atomic E-state index is 0.163. The standard InChI is InChI=1S/C12H19N5O/c1-10-3-2-4-15(7-10)12(18)16-5-6-17-9-13-14-11(17)8-16/h9-10H,2-8H2,1H3. The third-order valence-electron chi connectivity index (χ3n) is 3.84. The molecule has 3 heterocycles. The normalized spacial score (nSPS) is 23.9. The van der Waals surface area contributed by atoms with Gasteiger partial charge in [-0.25, -0.2) is 4.79 Å². The van der Waals surface area contributed by atoms with E-state index in [1.54, 1.807) is 6.33 Å². The fourth-order valence-electron chi connectivity index (χ4n) is 2.79. The summed E-state index contributed by atoms with van der Waals surface area (Å²) in [5.74, 6) is 1.51. The summed E-state index contributed by atoms with van der Waals surface area (Å²) in [6.45, 7) is 6.15. The van der Waals surface area contributed by atoms with Crippen molar-refractivity contribution in [2.45, 2.75) is 32.9 Å². The molecule has 1 aromatic rings. The van der Waals surface area contributed by atoms with E-state index in [0.717, 1.165) is 38.4 Å². The molecule has 1 aromatic heterocycles. The average Bonchev–Trinajstić information content (AvgIpc) is 2.85. The topological polar surface area (TPSA) is 54.3 Å². The van der Waals surface area contributed by atoms with Crippen molar-refractivity contribution in [1.82, 2.24) is 24.6 Å². The Morgan fingerprint density at radius 1 is 1.33 bits per heavy atom. The van der Waals surface area contributed by atoms with Crippen molar-refractivity contribution in [3.8, 4) is 0 Å². The highest BCUT2D eigenvalue weighted by Crippen LogP contribution is 2.18. The van der Waals surface area contributed by atoms with Crippen LogP contribution in [0.4, 0.5) is 4.79 Å². The lowest BCUT2D eigenvalue weighted by molar-refractivity contribution is 0.120. The van der Waals surface area contributed by atoms with Crippen molar-refractivity contribution < 1.29 is 4.79 Å². The first-order chi connectivity index (χ1) is 8.74. The molecule has 2 amide bonds. The largest absolute Gasteiger partial charge is 0.324 e. The third kappa shape index (κ3) is 2.07. The molecule has 6 heteroatoms. The van der Waals surface area contributed by atoms with E-state index in [1.807, 2.05) is 14.4 Å². The van der Waals surface area contributed by atoms with Crippen LogP contribution in [0.3, 0.4) is 0 Å². The second kappa shape index (κ2) is 4.59. The summed E-state index contributed by atoms with van der Waals surface area (Å²) >= 11 is 0. The molecule has 0 N–H and O–H groups in total. The van der Waals surface area contributed by atoms with Crippen LogP contribution in [0.15, 0.2) is 6.33 Å². The van der Waals surface area contributed by atoms with Crippen LogP contribution in [0.25, 0.3) is 0 Å². The summed E-state index contributed by atoms with van der Waals surface area (Å²) in [6, 6.07) is 0.163. The Kier molecular flexibility index (Phi) is 2.93. The Balaban J connectivity index is 1.67. The zero-order valence-electron chi connectivity index (χ0n) is 10.7. The highest BCUT2D eigenvalue weighted by molar-refractivity contribution is 5.74. The van der Waals surface area contributed by atoms with Gasteiger partial charge in [-0.15, -0.1) is 10.2 Å². The predicted octanol–water partition coefficient (Wildman–Crippen LogP) is 0.946. The van der Waals surface area contributed by atoms with Crippen molar-refractivity contribution in [3.05, 3.63) is 12.2 Å². The number of fused-ring (bicyclic) bond motifs is 1. The number of hydrogen-bond acceptors (Lipinski definition) is 3. The van der Waals surface area contributed by atoms with Crippen LogP contribution in [0.2, 0.25) is 0 Å². The Morgan fingerprint density at radius 3 is 3.06 bits per heavy atom. The Hall–Kier alpha value is -1.59. The summed E-state index contributed by atoms with van der Waals surface area (Å²) in [4.78, 5) is 16.3.